The van der Waals surface area contributed by atoms with Crippen molar-refractivity contribution in [3.8, 4) is 0 Å². The summed E-state index contributed by atoms with van der Waals surface area (Å²) >= 11 is 0.974. The molecule has 1 saturated heterocycles. The van der Waals surface area contributed by atoms with Gasteiger partial charge in [-0.05, 0) is 0 Å². The first-order valence-electron chi connectivity index (χ1n) is 9.36. The van der Waals surface area contributed by atoms with E-state index in [2.05, 4.69) is 4.90 Å². The van der Waals surface area contributed by atoms with Crippen molar-refractivity contribution in [1.29, 1.82) is 0 Å². The topological polar surface area (TPSA) is 3.24 Å². The van der Waals surface area contributed by atoms with Crippen LogP contribution in [0.4, 0.5) is 0 Å². The molecule has 4 aliphatic rings. The first kappa shape index (κ1) is 14.1. The van der Waals surface area contributed by atoms with E-state index >= 15 is 0 Å². The van der Waals surface area contributed by atoms with E-state index in [1.807, 2.05) is 0 Å². The van der Waals surface area contributed by atoms with Crippen molar-refractivity contribution in [2.24, 2.45) is 0 Å². The summed E-state index contributed by atoms with van der Waals surface area (Å²) in [4.78, 5) is 5.44. The van der Waals surface area contributed by atoms with Crippen molar-refractivity contribution in [2.45, 2.75) is 111 Å². The SMILES string of the molecule is C1CCC(N2C3CCCCC3[Se]C3CCCCC32)CC1. The molecule has 2 heteroatoms. The third-order valence-corrected chi connectivity index (χ3v) is 10.2. The second-order valence-corrected chi connectivity index (χ2v) is 10.8. The van der Waals surface area contributed by atoms with Crippen LogP contribution in [0.3, 0.4) is 0 Å². The van der Waals surface area contributed by atoms with Crippen LogP contribution >= 0.6 is 0 Å². The quantitative estimate of drug-likeness (QED) is 0.620. The first-order chi connectivity index (χ1) is 9.93. The van der Waals surface area contributed by atoms with Gasteiger partial charge in [0.2, 0.25) is 0 Å². The van der Waals surface area contributed by atoms with Crippen molar-refractivity contribution in [3.63, 3.8) is 0 Å². The summed E-state index contributed by atoms with van der Waals surface area (Å²) in [5.41, 5.74) is 0. The standard InChI is InChI=1S/C18H31NSe/c1-2-8-14(9-3-1)19-15-10-4-6-12-17(15)20-18-13-7-5-11-16(18)19/h14-18H,1-13H2. The van der Waals surface area contributed by atoms with Gasteiger partial charge in [0.05, 0.1) is 0 Å². The normalized spacial score (nSPS) is 43.8. The molecular weight excluding hydrogens is 309 g/mol. The average molecular weight is 340 g/mol. The summed E-state index contributed by atoms with van der Waals surface area (Å²) in [5, 5.41) is 0. The van der Waals surface area contributed by atoms with Crippen LogP contribution in [-0.4, -0.2) is 38.0 Å². The molecule has 4 unspecified atom stereocenters. The van der Waals surface area contributed by atoms with Gasteiger partial charge in [-0.2, -0.15) is 0 Å². The minimum atomic E-state index is 0.974. The Balaban J connectivity index is 1.58. The molecule has 0 N–H and O–H groups in total. The predicted octanol–water partition coefficient (Wildman–Crippen LogP) is 4.80. The molecule has 4 atom stereocenters. The average Bonchev–Trinajstić information content (AvgIpc) is 2.53. The Bertz CT molecular complexity index is 303. The van der Waals surface area contributed by atoms with Gasteiger partial charge in [-0.25, -0.2) is 0 Å². The fourth-order valence-electron chi connectivity index (χ4n) is 5.55. The van der Waals surface area contributed by atoms with E-state index < -0.39 is 0 Å². The Morgan fingerprint density at radius 1 is 0.550 bits per heavy atom. The Hall–Kier alpha value is 0.479. The molecule has 3 aliphatic carbocycles. The monoisotopic (exact) mass is 341 g/mol. The molecule has 1 nitrogen and oxygen atoms in total. The Morgan fingerprint density at radius 3 is 1.65 bits per heavy atom. The zero-order valence-corrected chi connectivity index (χ0v) is 14.6. The van der Waals surface area contributed by atoms with Crippen LogP contribution in [-0.2, 0) is 0 Å². The van der Waals surface area contributed by atoms with E-state index in [4.69, 9.17) is 0 Å². The Labute approximate surface area is 131 Å². The fraction of sp³-hybridized carbons (Fsp3) is 1.00. The van der Waals surface area contributed by atoms with E-state index in [1.54, 1.807) is 38.5 Å². The molecule has 4 rings (SSSR count). The zero-order chi connectivity index (χ0) is 13.4. The van der Waals surface area contributed by atoms with Crippen molar-refractivity contribution < 1.29 is 0 Å². The summed E-state index contributed by atoms with van der Waals surface area (Å²) in [6.07, 6.45) is 20.0. The van der Waals surface area contributed by atoms with Gasteiger partial charge in [-0.15, -0.1) is 0 Å². The molecule has 0 aromatic heterocycles. The van der Waals surface area contributed by atoms with Crippen molar-refractivity contribution in [2.75, 3.05) is 0 Å². The van der Waals surface area contributed by atoms with Gasteiger partial charge in [0.15, 0.2) is 0 Å². The molecule has 4 fully saturated rings. The van der Waals surface area contributed by atoms with E-state index in [-0.39, 0.29) is 0 Å². The number of rotatable bonds is 1. The number of nitrogens with zero attached hydrogens (tertiary/aromatic N) is 1. The van der Waals surface area contributed by atoms with Crippen LogP contribution in [0.2, 0.25) is 9.63 Å². The van der Waals surface area contributed by atoms with E-state index in [9.17, 15) is 0 Å². The van der Waals surface area contributed by atoms with Crippen molar-refractivity contribution in [1.82, 2.24) is 4.90 Å². The van der Waals surface area contributed by atoms with E-state index in [1.165, 1.54) is 44.9 Å². The molecule has 1 aliphatic heterocycles. The van der Waals surface area contributed by atoms with Gasteiger partial charge in [0.25, 0.3) is 0 Å². The van der Waals surface area contributed by atoms with Crippen LogP contribution in [0.25, 0.3) is 0 Å². The second kappa shape index (κ2) is 6.31. The molecular formula is C18H31NSe. The van der Waals surface area contributed by atoms with Gasteiger partial charge in [0.1, 0.15) is 0 Å². The third kappa shape index (κ3) is 2.61. The third-order valence-electron chi connectivity index (χ3n) is 6.45. The van der Waals surface area contributed by atoms with Crippen LogP contribution < -0.4 is 0 Å². The van der Waals surface area contributed by atoms with Crippen molar-refractivity contribution in [3.05, 3.63) is 0 Å². The van der Waals surface area contributed by atoms with Crippen LogP contribution in [0.5, 0.6) is 0 Å². The van der Waals surface area contributed by atoms with Gasteiger partial charge >= 0.3 is 131 Å². The molecule has 0 amide bonds. The molecule has 114 valence electrons. The minimum absolute atomic E-state index is 0.974. The Morgan fingerprint density at radius 2 is 1.05 bits per heavy atom. The van der Waals surface area contributed by atoms with Crippen LogP contribution in [0, 0.1) is 0 Å². The first-order valence-corrected chi connectivity index (χ1v) is 11.3. The van der Waals surface area contributed by atoms with Crippen LogP contribution in [0.15, 0.2) is 0 Å². The summed E-state index contributed by atoms with van der Waals surface area (Å²) in [7, 11) is 0. The molecule has 0 bridgehead atoms. The molecule has 0 spiro atoms. The molecule has 20 heavy (non-hydrogen) atoms. The Kier molecular flexibility index (Phi) is 4.44. The van der Waals surface area contributed by atoms with Gasteiger partial charge in [-0.3, -0.25) is 0 Å². The van der Waals surface area contributed by atoms with Crippen molar-refractivity contribution >= 4 is 15.0 Å². The molecule has 0 radical (unpaired) electrons. The van der Waals surface area contributed by atoms with Gasteiger partial charge in [0, 0.05) is 0 Å². The summed E-state index contributed by atoms with van der Waals surface area (Å²) in [6, 6.07) is 3.02. The maximum atomic E-state index is 3.16. The molecule has 0 aromatic rings. The van der Waals surface area contributed by atoms with Gasteiger partial charge < -0.3 is 0 Å². The molecule has 3 saturated carbocycles. The van der Waals surface area contributed by atoms with E-state index in [0.29, 0.717) is 0 Å². The molecule has 1 heterocycles. The number of fused-ring (bicyclic) bond motifs is 2. The zero-order valence-electron chi connectivity index (χ0n) is 12.9. The summed E-state index contributed by atoms with van der Waals surface area (Å²) in [6.45, 7) is 0. The second-order valence-electron chi connectivity index (χ2n) is 7.66. The van der Waals surface area contributed by atoms with Gasteiger partial charge in [-0.1, -0.05) is 0 Å². The summed E-state index contributed by atoms with van der Waals surface area (Å²) < 4.78 is 0. The predicted molar refractivity (Wildman–Crippen MR) is 86.5 cm³/mol. The van der Waals surface area contributed by atoms with Crippen LogP contribution in [0.1, 0.15) is 83.5 Å². The molecule has 0 aromatic carbocycles. The number of hydrogen-bond acceptors (Lipinski definition) is 1. The maximum absolute atomic E-state index is 3.16. The number of hydrogen-bond donors (Lipinski definition) is 0. The van der Waals surface area contributed by atoms with E-state index in [0.717, 1.165) is 42.7 Å². The fourth-order valence-corrected chi connectivity index (χ4v) is 9.68. The summed E-state index contributed by atoms with van der Waals surface area (Å²) in [5.74, 6) is 0.